The van der Waals surface area contributed by atoms with Crippen LogP contribution in [0.15, 0.2) is 24.3 Å². The Labute approximate surface area is 126 Å². The van der Waals surface area contributed by atoms with Crippen LogP contribution in [0, 0.1) is 11.8 Å². The van der Waals surface area contributed by atoms with Crippen molar-refractivity contribution in [2.75, 3.05) is 0 Å². The topological polar surface area (TPSA) is 0 Å². The van der Waals surface area contributed by atoms with Gasteiger partial charge in [0.25, 0.3) is 0 Å². The van der Waals surface area contributed by atoms with Gasteiger partial charge in [-0.1, -0.05) is 78.1 Å². The maximum atomic E-state index is 2.48. The molecule has 0 aliphatic heterocycles. The Morgan fingerprint density at radius 3 is 2.55 bits per heavy atom. The van der Waals surface area contributed by atoms with E-state index in [9.17, 15) is 0 Å². The zero-order valence-corrected chi connectivity index (χ0v) is 14.1. The van der Waals surface area contributed by atoms with Crippen LogP contribution < -0.4 is 0 Å². The summed E-state index contributed by atoms with van der Waals surface area (Å²) in [5.74, 6) is 2.30. The summed E-state index contributed by atoms with van der Waals surface area (Å²) in [5.41, 5.74) is 3.73. The molecule has 0 saturated carbocycles. The first-order valence-corrected chi connectivity index (χ1v) is 8.66. The van der Waals surface area contributed by atoms with E-state index < -0.39 is 0 Å². The molecule has 0 N–H and O–H groups in total. The van der Waals surface area contributed by atoms with E-state index in [1.54, 1.807) is 11.1 Å². The molecule has 0 aromatic heterocycles. The number of rotatable bonds is 5. The maximum absolute atomic E-state index is 2.48. The molecule has 0 bridgehead atoms. The van der Waals surface area contributed by atoms with Crippen LogP contribution in [0.5, 0.6) is 0 Å². The number of hydrogen-bond acceptors (Lipinski definition) is 0. The van der Waals surface area contributed by atoms with Crippen LogP contribution in [0.2, 0.25) is 0 Å². The number of benzene rings is 1. The molecule has 0 saturated heterocycles. The van der Waals surface area contributed by atoms with Crippen molar-refractivity contribution in [3.63, 3.8) is 0 Å². The molecular formula is C20H32. The molecule has 1 aromatic carbocycles. The molecule has 112 valence electrons. The zero-order valence-electron chi connectivity index (χ0n) is 14.1. The number of fused-ring (bicyclic) bond motifs is 1. The lowest BCUT2D eigenvalue weighted by Gasteiger charge is -2.48. The molecule has 1 aliphatic rings. The van der Waals surface area contributed by atoms with E-state index in [4.69, 9.17) is 0 Å². The van der Waals surface area contributed by atoms with E-state index in [2.05, 4.69) is 58.9 Å². The van der Waals surface area contributed by atoms with Crippen LogP contribution in [0.1, 0.15) is 83.8 Å². The third-order valence-corrected chi connectivity index (χ3v) is 6.06. The molecule has 0 fully saturated rings. The molecule has 2 rings (SSSR count). The van der Waals surface area contributed by atoms with E-state index in [1.165, 1.54) is 32.1 Å². The Bertz CT molecular complexity index is 433. The second kappa shape index (κ2) is 6.33. The van der Waals surface area contributed by atoms with Crippen molar-refractivity contribution < 1.29 is 0 Å². The fourth-order valence-corrected chi connectivity index (χ4v) is 4.35. The Morgan fingerprint density at radius 2 is 1.90 bits per heavy atom. The first kappa shape index (κ1) is 15.6. The molecule has 0 amide bonds. The third-order valence-electron chi connectivity index (χ3n) is 6.06. The van der Waals surface area contributed by atoms with Crippen molar-refractivity contribution >= 4 is 0 Å². The fraction of sp³-hybridized carbons (Fsp3) is 0.700. The van der Waals surface area contributed by atoms with Crippen molar-refractivity contribution in [2.45, 2.75) is 78.1 Å². The summed E-state index contributed by atoms with van der Waals surface area (Å²) in [6.45, 7) is 12.1. The summed E-state index contributed by atoms with van der Waals surface area (Å²) in [6, 6.07) is 9.30. The van der Waals surface area contributed by atoms with Gasteiger partial charge >= 0.3 is 0 Å². The van der Waals surface area contributed by atoms with Gasteiger partial charge in [-0.05, 0) is 47.1 Å². The summed E-state index contributed by atoms with van der Waals surface area (Å²) < 4.78 is 0. The molecule has 20 heavy (non-hydrogen) atoms. The van der Waals surface area contributed by atoms with Crippen LogP contribution in [0.25, 0.3) is 0 Å². The smallest absolute Gasteiger partial charge is 0.00159 e. The second-order valence-corrected chi connectivity index (χ2v) is 7.13. The Morgan fingerprint density at radius 1 is 1.20 bits per heavy atom. The molecular weight excluding hydrogens is 240 g/mol. The first-order chi connectivity index (χ1) is 9.56. The Hall–Kier alpha value is -0.780. The Balaban J connectivity index is 2.52. The van der Waals surface area contributed by atoms with E-state index in [-0.39, 0.29) is 0 Å². The van der Waals surface area contributed by atoms with E-state index in [0.717, 1.165) is 11.8 Å². The van der Waals surface area contributed by atoms with Crippen molar-refractivity contribution in [1.82, 2.24) is 0 Å². The van der Waals surface area contributed by atoms with Gasteiger partial charge in [-0.3, -0.25) is 0 Å². The Kier molecular flexibility index (Phi) is 4.94. The van der Waals surface area contributed by atoms with Gasteiger partial charge in [-0.15, -0.1) is 0 Å². The predicted molar refractivity (Wildman–Crippen MR) is 89.3 cm³/mol. The lowest BCUT2D eigenvalue weighted by atomic mass is 9.56. The minimum Gasteiger partial charge on any atom is -0.0654 e. The van der Waals surface area contributed by atoms with E-state index in [1.807, 2.05) is 0 Å². The van der Waals surface area contributed by atoms with E-state index in [0.29, 0.717) is 11.3 Å². The largest absolute Gasteiger partial charge is 0.0654 e. The monoisotopic (exact) mass is 272 g/mol. The molecule has 0 heteroatoms. The molecule has 0 radical (unpaired) electrons. The molecule has 4 unspecified atom stereocenters. The minimum absolute atomic E-state index is 0.424. The lowest BCUT2D eigenvalue weighted by Crippen LogP contribution is -2.41. The summed E-state index contributed by atoms with van der Waals surface area (Å²) >= 11 is 0. The standard InChI is InChI=1S/C20H32/c1-6-8-13-20(16(4)7-2)14-15(3)17(5)18-11-9-10-12-19(18)20/h9-12,15-17H,6-8,13-14H2,1-5H3. The van der Waals surface area contributed by atoms with Gasteiger partial charge in [0.15, 0.2) is 0 Å². The highest BCUT2D eigenvalue weighted by Gasteiger charge is 2.43. The average molecular weight is 272 g/mol. The lowest BCUT2D eigenvalue weighted by molar-refractivity contribution is 0.173. The first-order valence-electron chi connectivity index (χ1n) is 8.66. The zero-order chi connectivity index (χ0) is 14.8. The van der Waals surface area contributed by atoms with Gasteiger partial charge < -0.3 is 0 Å². The highest BCUT2D eigenvalue weighted by Crippen LogP contribution is 2.52. The van der Waals surface area contributed by atoms with Crippen molar-refractivity contribution in [3.8, 4) is 0 Å². The molecule has 0 heterocycles. The average Bonchev–Trinajstić information content (AvgIpc) is 2.49. The summed E-state index contributed by atoms with van der Waals surface area (Å²) in [6.07, 6.45) is 6.70. The van der Waals surface area contributed by atoms with Gasteiger partial charge in [-0.25, -0.2) is 0 Å². The molecule has 0 nitrogen and oxygen atoms in total. The summed E-state index contributed by atoms with van der Waals surface area (Å²) in [5, 5.41) is 0. The maximum Gasteiger partial charge on any atom is -0.00159 e. The number of hydrogen-bond donors (Lipinski definition) is 0. The highest BCUT2D eigenvalue weighted by molar-refractivity contribution is 5.40. The van der Waals surface area contributed by atoms with Gasteiger partial charge in [0.1, 0.15) is 0 Å². The third kappa shape index (κ3) is 2.54. The summed E-state index contributed by atoms with van der Waals surface area (Å²) in [4.78, 5) is 0. The second-order valence-electron chi connectivity index (χ2n) is 7.13. The van der Waals surface area contributed by atoms with Gasteiger partial charge in [0.2, 0.25) is 0 Å². The van der Waals surface area contributed by atoms with Crippen molar-refractivity contribution in [2.24, 2.45) is 11.8 Å². The van der Waals surface area contributed by atoms with Crippen molar-refractivity contribution in [1.29, 1.82) is 0 Å². The van der Waals surface area contributed by atoms with Crippen LogP contribution in [-0.4, -0.2) is 0 Å². The highest BCUT2D eigenvalue weighted by atomic mass is 14.5. The minimum atomic E-state index is 0.424. The SMILES string of the molecule is CCCCC1(C(C)CC)CC(C)C(C)c2ccccc21. The van der Waals surface area contributed by atoms with Gasteiger partial charge in [0.05, 0.1) is 0 Å². The quantitative estimate of drug-likeness (QED) is 0.589. The van der Waals surface area contributed by atoms with Crippen LogP contribution in [0.3, 0.4) is 0 Å². The summed E-state index contributed by atoms with van der Waals surface area (Å²) in [7, 11) is 0. The van der Waals surface area contributed by atoms with Crippen LogP contribution in [0.4, 0.5) is 0 Å². The molecule has 0 spiro atoms. The van der Waals surface area contributed by atoms with Gasteiger partial charge in [-0.2, -0.15) is 0 Å². The fourth-order valence-electron chi connectivity index (χ4n) is 4.35. The predicted octanol–water partition coefficient (Wildman–Crippen LogP) is 6.30. The van der Waals surface area contributed by atoms with Gasteiger partial charge in [0, 0.05) is 0 Å². The molecule has 4 atom stereocenters. The van der Waals surface area contributed by atoms with Crippen LogP contribution >= 0.6 is 0 Å². The van der Waals surface area contributed by atoms with Crippen LogP contribution in [-0.2, 0) is 5.41 Å². The number of unbranched alkanes of at least 4 members (excludes halogenated alkanes) is 1. The molecule has 1 aliphatic carbocycles. The van der Waals surface area contributed by atoms with Crippen molar-refractivity contribution in [3.05, 3.63) is 35.4 Å². The normalized spacial score (nSPS) is 30.9. The molecule has 1 aromatic rings. The van der Waals surface area contributed by atoms with E-state index >= 15 is 0 Å².